The van der Waals surface area contributed by atoms with Crippen molar-refractivity contribution in [2.75, 3.05) is 11.9 Å². The predicted molar refractivity (Wildman–Crippen MR) is 55.2 cm³/mol. The van der Waals surface area contributed by atoms with E-state index in [1.54, 1.807) is 11.7 Å². The molecule has 0 aliphatic rings. The van der Waals surface area contributed by atoms with Gasteiger partial charge in [0.1, 0.15) is 5.51 Å². The summed E-state index contributed by atoms with van der Waals surface area (Å²) in [7, 11) is 0. The fourth-order valence-corrected chi connectivity index (χ4v) is 1.60. The average Bonchev–Trinajstić information content (AvgIpc) is 2.86. The summed E-state index contributed by atoms with van der Waals surface area (Å²) in [5.74, 6) is 0. The molecule has 2 aromatic rings. The zero-order valence-electron chi connectivity index (χ0n) is 7.63. The number of hydrogen-bond donors (Lipinski definition) is 1. The molecule has 2 heterocycles. The Morgan fingerprint density at radius 3 is 3.21 bits per heavy atom. The van der Waals surface area contributed by atoms with Crippen molar-refractivity contribution in [3.63, 3.8) is 0 Å². The molecule has 74 valence electrons. The maximum atomic E-state index is 3.97. The van der Waals surface area contributed by atoms with Crippen molar-refractivity contribution in [2.45, 2.75) is 13.0 Å². The van der Waals surface area contributed by atoms with Gasteiger partial charge < -0.3 is 9.88 Å². The zero-order chi connectivity index (χ0) is 9.64. The summed E-state index contributed by atoms with van der Waals surface area (Å²) >= 11 is 1.52. The highest BCUT2D eigenvalue weighted by molar-refractivity contribution is 7.13. The molecule has 0 aliphatic carbocycles. The van der Waals surface area contributed by atoms with Gasteiger partial charge >= 0.3 is 0 Å². The van der Waals surface area contributed by atoms with Gasteiger partial charge in [0, 0.05) is 25.5 Å². The summed E-state index contributed by atoms with van der Waals surface area (Å²) in [5.41, 5.74) is 1.72. The van der Waals surface area contributed by atoms with Crippen LogP contribution < -0.4 is 5.32 Å². The van der Waals surface area contributed by atoms with Gasteiger partial charge in [-0.15, -0.1) is 10.2 Å². The van der Waals surface area contributed by atoms with Gasteiger partial charge in [-0.2, -0.15) is 0 Å². The van der Waals surface area contributed by atoms with E-state index in [2.05, 4.69) is 25.1 Å². The number of rotatable bonds is 5. The SMILES string of the molecule is c1cn(CCCNc2nncs2)cn1. The number of imidazole rings is 1. The average molecular weight is 209 g/mol. The maximum Gasteiger partial charge on any atom is 0.205 e. The molecule has 0 spiro atoms. The molecule has 6 heteroatoms. The fourth-order valence-electron chi connectivity index (χ4n) is 1.13. The molecule has 5 nitrogen and oxygen atoms in total. The molecule has 0 aromatic carbocycles. The van der Waals surface area contributed by atoms with E-state index in [1.165, 1.54) is 11.3 Å². The second-order valence-electron chi connectivity index (χ2n) is 2.82. The van der Waals surface area contributed by atoms with Crippen LogP contribution in [-0.4, -0.2) is 26.3 Å². The van der Waals surface area contributed by atoms with Crippen LogP contribution in [0.5, 0.6) is 0 Å². The maximum absolute atomic E-state index is 3.97. The normalized spacial score (nSPS) is 10.3. The van der Waals surface area contributed by atoms with Crippen LogP contribution in [0.1, 0.15) is 6.42 Å². The highest BCUT2D eigenvalue weighted by atomic mass is 32.1. The van der Waals surface area contributed by atoms with Crippen LogP contribution in [0.4, 0.5) is 5.13 Å². The van der Waals surface area contributed by atoms with Crippen LogP contribution in [0.2, 0.25) is 0 Å². The van der Waals surface area contributed by atoms with Gasteiger partial charge in [0.25, 0.3) is 0 Å². The summed E-state index contributed by atoms with van der Waals surface area (Å²) in [6.45, 7) is 1.89. The first-order valence-electron chi connectivity index (χ1n) is 4.41. The van der Waals surface area contributed by atoms with Crippen LogP contribution >= 0.6 is 11.3 Å². The van der Waals surface area contributed by atoms with E-state index >= 15 is 0 Å². The standard InChI is InChI=1S/C8H11N5S/c1(4-13-5-3-9-6-13)2-10-8-12-11-7-14-8/h3,5-7H,1-2,4H2,(H,10,12). The van der Waals surface area contributed by atoms with Crippen LogP contribution in [-0.2, 0) is 6.54 Å². The summed E-state index contributed by atoms with van der Waals surface area (Å²) in [6.07, 6.45) is 6.63. The zero-order valence-corrected chi connectivity index (χ0v) is 8.44. The smallest absolute Gasteiger partial charge is 0.205 e. The largest absolute Gasteiger partial charge is 0.360 e. The van der Waals surface area contributed by atoms with Crippen LogP contribution in [0.15, 0.2) is 24.2 Å². The molecule has 1 N–H and O–H groups in total. The second kappa shape index (κ2) is 4.71. The van der Waals surface area contributed by atoms with Crippen molar-refractivity contribution >= 4 is 16.5 Å². The van der Waals surface area contributed by atoms with Crippen molar-refractivity contribution in [1.82, 2.24) is 19.7 Å². The number of anilines is 1. The first-order valence-corrected chi connectivity index (χ1v) is 5.29. The lowest BCUT2D eigenvalue weighted by atomic mass is 10.4. The van der Waals surface area contributed by atoms with Crippen molar-refractivity contribution in [1.29, 1.82) is 0 Å². The Kier molecular flexibility index (Phi) is 3.07. The number of aromatic nitrogens is 4. The molecular weight excluding hydrogens is 198 g/mol. The molecule has 14 heavy (non-hydrogen) atoms. The number of nitrogens with zero attached hydrogens (tertiary/aromatic N) is 4. The van der Waals surface area contributed by atoms with E-state index in [0.717, 1.165) is 24.6 Å². The van der Waals surface area contributed by atoms with E-state index in [1.807, 2.05) is 12.5 Å². The minimum absolute atomic E-state index is 0.885. The van der Waals surface area contributed by atoms with Gasteiger partial charge in [-0.3, -0.25) is 0 Å². The third kappa shape index (κ3) is 2.53. The molecule has 0 unspecified atom stereocenters. The second-order valence-corrected chi connectivity index (χ2v) is 3.66. The number of aryl methyl sites for hydroxylation is 1. The molecule has 0 amide bonds. The Bertz CT molecular complexity index is 305. The number of hydrogen-bond acceptors (Lipinski definition) is 5. The van der Waals surface area contributed by atoms with Crippen LogP contribution in [0.3, 0.4) is 0 Å². The Balaban J connectivity index is 1.65. The van der Waals surface area contributed by atoms with Gasteiger partial charge in [0.05, 0.1) is 6.33 Å². The summed E-state index contributed by atoms with van der Waals surface area (Å²) in [4.78, 5) is 3.97. The fraction of sp³-hybridized carbons (Fsp3) is 0.375. The molecule has 0 aliphatic heterocycles. The Labute approximate surface area is 85.8 Å². The highest BCUT2D eigenvalue weighted by Gasteiger charge is 1.94. The minimum atomic E-state index is 0.885. The summed E-state index contributed by atoms with van der Waals surface area (Å²) in [6, 6.07) is 0. The topological polar surface area (TPSA) is 55.6 Å². The highest BCUT2D eigenvalue weighted by Crippen LogP contribution is 2.07. The van der Waals surface area contributed by atoms with Crippen LogP contribution in [0.25, 0.3) is 0 Å². The molecular formula is C8H11N5S. The van der Waals surface area contributed by atoms with Crippen LogP contribution in [0, 0.1) is 0 Å². The van der Waals surface area contributed by atoms with Crippen molar-refractivity contribution < 1.29 is 0 Å². The van der Waals surface area contributed by atoms with Gasteiger partial charge in [-0.25, -0.2) is 4.98 Å². The van der Waals surface area contributed by atoms with E-state index in [4.69, 9.17) is 0 Å². The molecule has 0 atom stereocenters. The molecule has 0 bridgehead atoms. The molecule has 0 radical (unpaired) electrons. The predicted octanol–water partition coefficient (Wildman–Crippen LogP) is 1.24. The first kappa shape index (κ1) is 9.14. The van der Waals surface area contributed by atoms with Crippen molar-refractivity contribution in [3.8, 4) is 0 Å². The summed E-state index contributed by atoms with van der Waals surface area (Å²) < 4.78 is 2.06. The van der Waals surface area contributed by atoms with E-state index < -0.39 is 0 Å². The number of nitrogens with one attached hydrogen (secondary N) is 1. The summed E-state index contributed by atoms with van der Waals surface area (Å²) in [5, 5.41) is 11.7. The monoisotopic (exact) mass is 209 g/mol. The van der Waals surface area contributed by atoms with E-state index in [9.17, 15) is 0 Å². The minimum Gasteiger partial charge on any atom is -0.360 e. The molecule has 2 aromatic heterocycles. The van der Waals surface area contributed by atoms with E-state index in [-0.39, 0.29) is 0 Å². The third-order valence-corrected chi connectivity index (χ3v) is 2.44. The van der Waals surface area contributed by atoms with E-state index in [0.29, 0.717) is 0 Å². The van der Waals surface area contributed by atoms with Gasteiger partial charge in [0.2, 0.25) is 5.13 Å². The molecule has 0 saturated heterocycles. The van der Waals surface area contributed by atoms with Crippen molar-refractivity contribution in [3.05, 3.63) is 24.2 Å². The molecule has 0 fully saturated rings. The Morgan fingerprint density at radius 1 is 1.50 bits per heavy atom. The quantitative estimate of drug-likeness (QED) is 0.753. The van der Waals surface area contributed by atoms with Crippen molar-refractivity contribution in [2.24, 2.45) is 0 Å². The Hall–Kier alpha value is -1.43. The lowest BCUT2D eigenvalue weighted by Gasteiger charge is -2.02. The lowest BCUT2D eigenvalue weighted by molar-refractivity contribution is 0.660. The molecule has 0 saturated carbocycles. The van der Waals surface area contributed by atoms with Gasteiger partial charge in [0.15, 0.2) is 0 Å². The lowest BCUT2D eigenvalue weighted by Crippen LogP contribution is -2.05. The first-order chi connectivity index (χ1) is 6.95. The van der Waals surface area contributed by atoms with Gasteiger partial charge in [-0.1, -0.05) is 11.3 Å². The van der Waals surface area contributed by atoms with Gasteiger partial charge in [-0.05, 0) is 6.42 Å². The Morgan fingerprint density at radius 2 is 2.50 bits per heavy atom. The third-order valence-electron chi connectivity index (χ3n) is 1.79. The molecule has 2 rings (SSSR count).